The number of carbonyl (C=O) groups is 1. The summed E-state index contributed by atoms with van der Waals surface area (Å²) in [6.45, 7) is 0.765. The quantitative estimate of drug-likeness (QED) is 0.776. The maximum absolute atomic E-state index is 12.4. The minimum Gasteiger partial charge on any atom is -0.308 e. The molecule has 3 rings (SSSR count). The summed E-state index contributed by atoms with van der Waals surface area (Å²) < 4.78 is 0. The molecule has 3 heteroatoms. The predicted octanol–water partition coefficient (Wildman–Crippen LogP) is 3.18. The van der Waals surface area contributed by atoms with Crippen LogP contribution in [0.4, 0.5) is 5.69 Å². The second kappa shape index (κ2) is 4.50. The lowest BCUT2D eigenvalue weighted by Crippen LogP contribution is -2.28. The molecule has 0 spiro atoms. The molecule has 0 aliphatic carbocycles. The molecule has 1 heterocycles. The van der Waals surface area contributed by atoms with E-state index in [-0.39, 0.29) is 5.91 Å². The Balaban J connectivity index is 1.93. The van der Waals surface area contributed by atoms with Crippen LogP contribution in [0.1, 0.15) is 15.9 Å². The molecular formula is C15H13NOS. The highest BCUT2D eigenvalue weighted by molar-refractivity contribution is 7.80. The van der Waals surface area contributed by atoms with Crippen LogP contribution in [0.5, 0.6) is 0 Å². The van der Waals surface area contributed by atoms with Crippen molar-refractivity contribution in [3.63, 3.8) is 0 Å². The van der Waals surface area contributed by atoms with Crippen molar-refractivity contribution in [3.8, 4) is 0 Å². The van der Waals surface area contributed by atoms with Crippen LogP contribution in [0.15, 0.2) is 53.4 Å². The van der Waals surface area contributed by atoms with Crippen LogP contribution in [-0.4, -0.2) is 12.5 Å². The summed E-state index contributed by atoms with van der Waals surface area (Å²) in [6, 6.07) is 15.4. The highest BCUT2D eigenvalue weighted by Crippen LogP contribution is 2.28. The van der Waals surface area contributed by atoms with E-state index in [0.29, 0.717) is 5.56 Å². The van der Waals surface area contributed by atoms with Gasteiger partial charge in [-0.15, -0.1) is 12.6 Å². The van der Waals surface area contributed by atoms with Crippen LogP contribution in [0.25, 0.3) is 0 Å². The SMILES string of the molecule is O=C(c1ccc(S)cc1)N1CCc2ccccc21. The highest BCUT2D eigenvalue weighted by Gasteiger charge is 2.24. The Morgan fingerprint density at radius 1 is 1.06 bits per heavy atom. The van der Waals surface area contributed by atoms with E-state index in [1.165, 1.54) is 5.56 Å². The van der Waals surface area contributed by atoms with Crippen LogP contribution in [0, 0.1) is 0 Å². The molecule has 0 radical (unpaired) electrons. The number of thiol groups is 1. The molecule has 0 saturated heterocycles. The molecule has 2 aromatic carbocycles. The first-order valence-electron chi connectivity index (χ1n) is 5.94. The molecule has 1 aliphatic rings. The standard InChI is InChI=1S/C15H13NOS/c17-15(12-5-7-13(18)8-6-12)16-10-9-11-3-1-2-4-14(11)16/h1-8,18H,9-10H2. The first-order chi connectivity index (χ1) is 8.75. The average Bonchev–Trinajstić information content (AvgIpc) is 2.82. The first-order valence-corrected chi connectivity index (χ1v) is 6.39. The fraction of sp³-hybridized carbons (Fsp3) is 0.133. The topological polar surface area (TPSA) is 20.3 Å². The molecule has 0 atom stereocenters. The van der Waals surface area contributed by atoms with Gasteiger partial charge in [-0.3, -0.25) is 4.79 Å². The highest BCUT2D eigenvalue weighted by atomic mass is 32.1. The molecule has 90 valence electrons. The van der Waals surface area contributed by atoms with E-state index in [4.69, 9.17) is 0 Å². The van der Waals surface area contributed by atoms with Gasteiger partial charge in [0.05, 0.1) is 0 Å². The van der Waals surface area contributed by atoms with Crippen molar-refractivity contribution < 1.29 is 4.79 Å². The fourth-order valence-electron chi connectivity index (χ4n) is 2.31. The Bertz CT molecular complexity index is 592. The molecule has 1 aliphatic heterocycles. The number of benzene rings is 2. The van der Waals surface area contributed by atoms with Crippen LogP contribution >= 0.6 is 12.6 Å². The number of nitrogens with zero attached hydrogens (tertiary/aromatic N) is 1. The van der Waals surface area contributed by atoms with Crippen molar-refractivity contribution in [2.75, 3.05) is 11.4 Å². The van der Waals surface area contributed by atoms with Gasteiger partial charge in [-0.2, -0.15) is 0 Å². The molecule has 2 nitrogen and oxygen atoms in total. The summed E-state index contributed by atoms with van der Waals surface area (Å²) in [6.07, 6.45) is 0.937. The van der Waals surface area contributed by atoms with Crippen LogP contribution in [0.3, 0.4) is 0 Å². The minimum absolute atomic E-state index is 0.0632. The second-order valence-electron chi connectivity index (χ2n) is 4.38. The lowest BCUT2D eigenvalue weighted by atomic mass is 10.1. The third-order valence-electron chi connectivity index (χ3n) is 3.25. The van der Waals surface area contributed by atoms with Crippen LogP contribution in [0.2, 0.25) is 0 Å². The number of hydrogen-bond acceptors (Lipinski definition) is 2. The van der Waals surface area contributed by atoms with E-state index in [9.17, 15) is 4.79 Å². The van der Waals surface area contributed by atoms with E-state index < -0.39 is 0 Å². The van der Waals surface area contributed by atoms with Gasteiger partial charge in [0.15, 0.2) is 0 Å². The van der Waals surface area contributed by atoms with Crippen molar-refractivity contribution in [1.82, 2.24) is 0 Å². The van der Waals surface area contributed by atoms with Crippen molar-refractivity contribution in [2.24, 2.45) is 0 Å². The largest absolute Gasteiger partial charge is 0.308 e. The normalized spacial score (nSPS) is 13.5. The van der Waals surface area contributed by atoms with Gasteiger partial charge < -0.3 is 4.90 Å². The van der Waals surface area contributed by atoms with Gasteiger partial charge in [-0.1, -0.05) is 18.2 Å². The zero-order valence-corrected chi connectivity index (χ0v) is 10.7. The summed E-state index contributed by atoms with van der Waals surface area (Å²) in [4.78, 5) is 15.1. The van der Waals surface area contributed by atoms with Gasteiger partial charge in [-0.25, -0.2) is 0 Å². The molecule has 1 amide bonds. The molecular weight excluding hydrogens is 242 g/mol. The monoisotopic (exact) mass is 255 g/mol. The maximum atomic E-state index is 12.4. The molecule has 18 heavy (non-hydrogen) atoms. The Morgan fingerprint density at radius 2 is 1.78 bits per heavy atom. The Labute approximate surface area is 112 Å². The molecule has 0 unspecified atom stereocenters. The van der Waals surface area contributed by atoms with Crippen molar-refractivity contribution in [2.45, 2.75) is 11.3 Å². The number of rotatable bonds is 1. The van der Waals surface area contributed by atoms with Gasteiger partial charge in [0.2, 0.25) is 0 Å². The molecule has 0 saturated carbocycles. The van der Waals surface area contributed by atoms with Gasteiger partial charge in [0.25, 0.3) is 5.91 Å². The molecule has 0 aromatic heterocycles. The third-order valence-corrected chi connectivity index (χ3v) is 3.54. The number of carbonyl (C=O) groups excluding carboxylic acids is 1. The van der Waals surface area contributed by atoms with Crippen molar-refractivity contribution in [1.29, 1.82) is 0 Å². The lowest BCUT2D eigenvalue weighted by Gasteiger charge is -2.17. The van der Waals surface area contributed by atoms with E-state index in [1.54, 1.807) is 0 Å². The minimum atomic E-state index is 0.0632. The second-order valence-corrected chi connectivity index (χ2v) is 4.90. The third kappa shape index (κ3) is 1.91. The Hall–Kier alpha value is -1.74. The number of hydrogen-bond donors (Lipinski definition) is 1. The van der Waals surface area contributed by atoms with Crippen LogP contribution in [-0.2, 0) is 6.42 Å². The van der Waals surface area contributed by atoms with E-state index >= 15 is 0 Å². The maximum Gasteiger partial charge on any atom is 0.258 e. The average molecular weight is 255 g/mol. The van der Waals surface area contributed by atoms with Gasteiger partial charge in [0.1, 0.15) is 0 Å². The van der Waals surface area contributed by atoms with Gasteiger partial charge in [-0.05, 0) is 42.3 Å². The summed E-state index contributed by atoms with van der Waals surface area (Å²) in [5, 5.41) is 0. The lowest BCUT2D eigenvalue weighted by molar-refractivity contribution is 0.0989. The fourth-order valence-corrected chi connectivity index (χ4v) is 2.46. The first kappa shape index (κ1) is 11.4. The molecule has 2 aromatic rings. The number of anilines is 1. The summed E-state index contributed by atoms with van der Waals surface area (Å²) in [7, 11) is 0. The smallest absolute Gasteiger partial charge is 0.258 e. The zero-order valence-electron chi connectivity index (χ0n) is 9.84. The number of para-hydroxylation sites is 1. The number of amides is 1. The van der Waals surface area contributed by atoms with E-state index in [0.717, 1.165) is 23.5 Å². The Morgan fingerprint density at radius 3 is 2.56 bits per heavy atom. The van der Waals surface area contributed by atoms with E-state index in [2.05, 4.69) is 18.7 Å². The van der Waals surface area contributed by atoms with E-state index in [1.807, 2.05) is 47.4 Å². The van der Waals surface area contributed by atoms with Crippen molar-refractivity contribution >= 4 is 24.2 Å². The molecule has 0 N–H and O–H groups in total. The summed E-state index contributed by atoms with van der Waals surface area (Å²) in [5.41, 5.74) is 3.00. The number of fused-ring (bicyclic) bond motifs is 1. The van der Waals surface area contributed by atoms with Crippen molar-refractivity contribution in [3.05, 3.63) is 59.7 Å². The Kier molecular flexibility index (Phi) is 2.84. The predicted molar refractivity (Wildman–Crippen MR) is 75.5 cm³/mol. The molecule has 0 bridgehead atoms. The van der Waals surface area contributed by atoms with Gasteiger partial charge in [0, 0.05) is 22.7 Å². The summed E-state index contributed by atoms with van der Waals surface area (Å²) >= 11 is 4.23. The van der Waals surface area contributed by atoms with Gasteiger partial charge >= 0.3 is 0 Å². The zero-order chi connectivity index (χ0) is 12.5. The van der Waals surface area contributed by atoms with Crippen LogP contribution < -0.4 is 4.90 Å². The molecule has 0 fully saturated rings. The summed E-state index contributed by atoms with van der Waals surface area (Å²) in [5.74, 6) is 0.0632.